The maximum Gasteiger partial charge on any atom is 0.260 e. The van der Waals surface area contributed by atoms with E-state index in [2.05, 4.69) is 5.43 Å². The lowest BCUT2D eigenvalue weighted by atomic mass is 10.2. The van der Waals surface area contributed by atoms with Gasteiger partial charge in [-0.2, -0.15) is 0 Å². The molecule has 0 unspecified atom stereocenters. The fraction of sp³-hybridized carbons (Fsp3) is 0.417. The van der Waals surface area contributed by atoms with Gasteiger partial charge in [0.05, 0.1) is 6.61 Å². The van der Waals surface area contributed by atoms with Crippen LogP contribution in [0, 0.1) is 6.92 Å². The van der Waals surface area contributed by atoms with Gasteiger partial charge in [0.15, 0.2) is 0 Å². The van der Waals surface area contributed by atoms with E-state index in [0.717, 1.165) is 5.56 Å². The minimum Gasteiger partial charge on any atom is -0.367 e. The highest BCUT2D eigenvalue weighted by molar-refractivity contribution is 5.76. The molecule has 0 fully saturated rings. The molecule has 88 valence electrons. The molecule has 0 atom stereocenters. The number of benzene rings is 1. The molecule has 0 aliphatic carbocycles. The topological polar surface area (TPSA) is 41.6 Å². The number of nitrogens with zero attached hydrogens (tertiary/aromatic N) is 1. The highest BCUT2D eigenvalue weighted by Crippen LogP contribution is 2.04. The number of carbonyl (C=O) groups is 1. The largest absolute Gasteiger partial charge is 0.367 e. The SMILES string of the molecule is Cc1ccc(COCC(=O)NN(C)C)cc1. The zero-order valence-electron chi connectivity index (χ0n) is 9.99. The number of rotatable bonds is 5. The van der Waals surface area contributed by atoms with E-state index in [4.69, 9.17) is 4.74 Å². The van der Waals surface area contributed by atoms with Gasteiger partial charge in [-0.15, -0.1) is 0 Å². The third kappa shape index (κ3) is 4.91. The summed E-state index contributed by atoms with van der Waals surface area (Å²) in [6.07, 6.45) is 0. The first-order valence-corrected chi connectivity index (χ1v) is 5.18. The Hall–Kier alpha value is -1.39. The molecule has 0 heterocycles. The second-order valence-corrected chi connectivity index (χ2v) is 3.91. The van der Waals surface area contributed by atoms with Crippen molar-refractivity contribution in [2.24, 2.45) is 0 Å². The van der Waals surface area contributed by atoms with E-state index in [9.17, 15) is 4.79 Å². The molecule has 1 amide bonds. The first-order valence-electron chi connectivity index (χ1n) is 5.18. The van der Waals surface area contributed by atoms with Gasteiger partial charge in [-0.05, 0) is 12.5 Å². The van der Waals surface area contributed by atoms with Gasteiger partial charge in [0.1, 0.15) is 6.61 Å². The summed E-state index contributed by atoms with van der Waals surface area (Å²) >= 11 is 0. The molecule has 1 rings (SSSR count). The average molecular weight is 222 g/mol. The summed E-state index contributed by atoms with van der Waals surface area (Å²) in [6, 6.07) is 8.05. The van der Waals surface area contributed by atoms with Gasteiger partial charge in [0.25, 0.3) is 5.91 Å². The number of ether oxygens (including phenoxy) is 1. The lowest BCUT2D eigenvalue weighted by Gasteiger charge is -2.11. The van der Waals surface area contributed by atoms with Crippen LogP contribution in [-0.2, 0) is 16.1 Å². The van der Waals surface area contributed by atoms with Gasteiger partial charge in [0.2, 0.25) is 0 Å². The predicted molar refractivity (Wildman–Crippen MR) is 62.7 cm³/mol. The molecule has 0 radical (unpaired) electrons. The smallest absolute Gasteiger partial charge is 0.260 e. The Balaban J connectivity index is 2.25. The number of hydrogen-bond donors (Lipinski definition) is 1. The Bertz CT molecular complexity index is 333. The van der Waals surface area contributed by atoms with Gasteiger partial charge >= 0.3 is 0 Å². The molecular weight excluding hydrogens is 204 g/mol. The zero-order chi connectivity index (χ0) is 12.0. The maximum absolute atomic E-state index is 11.2. The molecular formula is C12H18N2O2. The predicted octanol–water partition coefficient (Wildman–Crippen LogP) is 1.10. The van der Waals surface area contributed by atoms with Gasteiger partial charge < -0.3 is 4.74 Å². The Labute approximate surface area is 96.2 Å². The third-order valence-electron chi connectivity index (χ3n) is 1.97. The van der Waals surface area contributed by atoms with Crippen LogP contribution in [0.4, 0.5) is 0 Å². The molecule has 0 aliphatic rings. The van der Waals surface area contributed by atoms with Crippen molar-refractivity contribution in [3.8, 4) is 0 Å². The molecule has 4 heteroatoms. The molecule has 0 aliphatic heterocycles. The van der Waals surface area contributed by atoms with Crippen molar-refractivity contribution >= 4 is 5.91 Å². The van der Waals surface area contributed by atoms with Crippen LogP contribution in [0.15, 0.2) is 24.3 Å². The minimum absolute atomic E-state index is 0.0755. The van der Waals surface area contributed by atoms with Crippen LogP contribution in [0.3, 0.4) is 0 Å². The Morgan fingerprint density at radius 1 is 1.31 bits per heavy atom. The van der Waals surface area contributed by atoms with E-state index in [1.54, 1.807) is 19.1 Å². The molecule has 16 heavy (non-hydrogen) atoms. The van der Waals surface area contributed by atoms with Crippen LogP contribution in [0.1, 0.15) is 11.1 Å². The number of aryl methyl sites for hydroxylation is 1. The Kier molecular flexibility index (Phi) is 4.95. The van der Waals surface area contributed by atoms with Gasteiger partial charge in [-0.1, -0.05) is 29.8 Å². The number of amides is 1. The zero-order valence-corrected chi connectivity index (χ0v) is 9.99. The van der Waals surface area contributed by atoms with Crippen LogP contribution < -0.4 is 5.43 Å². The van der Waals surface area contributed by atoms with Gasteiger partial charge in [-0.3, -0.25) is 10.2 Å². The minimum atomic E-state index is -0.142. The number of hydrogen-bond acceptors (Lipinski definition) is 3. The highest BCUT2D eigenvalue weighted by atomic mass is 16.5. The monoisotopic (exact) mass is 222 g/mol. The molecule has 0 aromatic heterocycles. The van der Waals surface area contributed by atoms with Gasteiger partial charge in [0, 0.05) is 14.1 Å². The van der Waals surface area contributed by atoms with Crippen LogP contribution in [-0.4, -0.2) is 31.6 Å². The lowest BCUT2D eigenvalue weighted by molar-refractivity contribution is -0.129. The van der Waals surface area contributed by atoms with Crippen molar-refractivity contribution < 1.29 is 9.53 Å². The van der Waals surface area contributed by atoms with E-state index in [0.29, 0.717) is 6.61 Å². The summed E-state index contributed by atoms with van der Waals surface area (Å²) in [7, 11) is 3.52. The van der Waals surface area contributed by atoms with E-state index in [1.165, 1.54) is 5.56 Å². The van der Waals surface area contributed by atoms with Crippen LogP contribution >= 0.6 is 0 Å². The first-order chi connectivity index (χ1) is 7.58. The van der Waals surface area contributed by atoms with Crippen LogP contribution in [0.2, 0.25) is 0 Å². The van der Waals surface area contributed by atoms with Crippen molar-refractivity contribution in [3.05, 3.63) is 35.4 Å². The standard InChI is InChI=1S/C12H18N2O2/c1-10-4-6-11(7-5-10)8-16-9-12(15)13-14(2)3/h4-7H,8-9H2,1-3H3,(H,13,15). The van der Waals surface area contributed by atoms with Gasteiger partial charge in [-0.25, -0.2) is 5.01 Å². The molecule has 1 N–H and O–H groups in total. The molecule has 4 nitrogen and oxygen atoms in total. The average Bonchev–Trinajstić information content (AvgIpc) is 2.20. The molecule has 1 aromatic rings. The summed E-state index contributed by atoms with van der Waals surface area (Å²) in [6.45, 7) is 2.57. The Morgan fingerprint density at radius 2 is 1.94 bits per heavy atom. The molecule has 0 saturated heterocycles. The molecule has 0 spiro atoms. The maximum atomic E-state index is 11.2. The fourth-order valence-electron chi connectivity index (χ4n) is 1.23. The number of hydrazine groups is 1. The van der Waals surface area contributed by atoms with E-state index in [1.807, 2.05) is 31.2 Å². The molecule has 0 bridgehead atoms. The second-order valence-electron chi connectivity index (χ2n) is 3.91. The summed E-state index contributed by atoms with van der Waals surface area (Å²) in [5, 5.41) is 1.59. The summed E-state index contributed by atoms with van der Waals surface area (Å²) in [4.78, 5) is 11.2. The van der Waals surface area contributed by atoms with Crippen LogP contribution in [0.5, 0.6) is 0 Å². The third-order valence-corrected chi connectivity index (χ3v) is 1.97. The van der Waals surface area contributed by atoms with Crippen molar-refractivity contribution in [1.82, 2.24) is 10.4 Å². The summed E-state index contributed by atoms with van der Waals surface area (Å²) in [5.41, 5.74) is 4.90. The first kappa shape index (κ1) is 12.7. The quantitative estimate of drug-likeness (QED) is 0.759. The second kappa shape index (κ2) is 6.25. The highest BCUT2D eigenvalue weighted by Gasteiger charge is 2.01. The normalized spacial score (nSPS) is 10.5. The van der Waals surface area contributed by atoms with E-state index < -0.39 is 0 Å². The fourth-order valence-corrected chi connectivity index (χ4v) is 1.23. The summed E-state index contributed by atoms with van der Waals surface area (Å²) < 4.78 is 5.28. The van der Waals surface area contributed by atoms with Crippen molar-refractivity contribution in [2.45, 2.75) is 13.5 Å². The lowest BCUT2D eigenvalue weighted by Crippen LogP contribution is -2.38. The van der Waals surface area contributed by atoms with Crippen LogP contribution in [0.25, 0.3) is 0 Å². The van der Waals surface area contributed by atoms with Crippen molar-refractivity contribution in [2.75, 3.05) is 20.7 Å². The molecule has 0 saturated carbocycles. The number of carbonyl (C=O) groups excluding carboxylic acids is 1. The Morgan fingerprint density at radius 3 is 2.50 bits per heavy atom. The molecule has 1 aromatic carbocycles. The van der Waals surface area contributed by atoms with Crippen molar-refractivity contribution in [1.29, 1.82) is 0 Å². The summed E-state index contributed by atoms with van der Waals surface area (Å²) in [5.74, 6) is -0.142. The number of nitrogens with one attached hydrogen (secondary N) is 1. The van der Waals surface area contributed by atoms with Crippen molar-refractivity contribution in [3.63, 3.8) is 0 Å². The van der Waals surface area contributed by atoms with E-state index >= 15 is 0 Å². The van der Waals surface area contributed by atoms with E-state index in [-0.39, 0.29) is 12.5 Å².